The van der Waals surface area contributed by atoms with Crippen LogP contribution in [0.4, 0.5) is 5.13 Å². The predicted molar refractivity (Wildman–Crippen MR) is 98.6 cm³/mol. The number of nitrogens with zero attached hydrogens (tertiary/aromatic N) is 1. The minimum atomic E-state index is -0.0825. The van der Waals surface area contributed by atoms with Gasteiger partial charge in [0.1, 0.15) is 0 Å². The Kier molecular flexibility index (Phi) is 3.11. The van der Waals surface area contributed by atoms with Crippen molar-refractivity contribution in [3.05, 3.63) is 16.6 Å². The molecule has 4 aliphatic carbocycles. The van der Waals surface area contributed by atoms with Gasteiger partial charge in [-0.05, 0) is 79.1 Å². The highest BCUT2D eigenvalue weighted by molar-refractivity contribution is 7.16. The summed E-state index contributed by atoms with van der Waals surface area (Å²) in [4.78, 5) is 5.95. The molecule has 0 bridgehead atoms. The van der Waals surface area contributed by atoms with Crippen LogP contribution >= 0.6 is 11.3 Å². The maximum Gasteiger partial charge on any atom is 0.180 e. The molecule has 0 amide bonds. The van der Waals surface area contributed by atoms with E-state index in [9.17, 15) is 5.11 Å². The molecule has 24 heavy (non-hydrogen) atoms. The van der Waals surface area contributed by atoms with Gasteiger partial charge in [-0.15, -0.1) is 0 Å². The number of hydrogen-bond acceptors (Lipinski definition) is 4. The van der Waals surface area contributed by atoms with E-state index < -0.39 is 0 Å². The van der Waals surface area contributed by atoms with Crippen LogP contribution in [0.15, 0.2) is 6.08 Å². The van der Waals surface area contributed by atoms with Crippen molar-refractivity contribution in [2.75, 3.05) is 5.73 Å². The number of aryl methyl sites for hydroxylation is 1. The predicted octanol–water partition coefficient (Wildman–Crippen LogP) is 4.27. The van der Waals surface area contributed by atoms with Gasteiger partial charge < -0.3 is 10.8 Å². The number of aliphatic hydroxyl groups is 1. The molecule has 0 aliphatic heterocycles. The molecule has 3 nitrogen and oxygen atoms in total. The van der Waals surface area contributed by atoms with Crippen LogP contribution in [0.3, 0.4) is 0 Å². The number of allylic oxidation sites excluding steroid dienone is 2. The Morgan fingerprint density at radius 2 is 2.04 bits per heavy atom. The van der Waals surface area contributed by atoms with Crippen molar-refractivity contribution in [2.24, 2.45) is 28.6 Å². The molecule has 4 heteroatoms. The van der Waals surface area contributed by atoms with E-state index in [2.05, 4.69) is 24.9 Å². The molecule has 0 aromatic carbocycles. The molecule has 130 valence electrons. The summed E-state index contributed by atoms with van der Waals surface area (Å²) in [5, 5.41) is 11.3. The highest BCUT2D eigenvalue weighted by Crippen LogP contribution is 2.66. The summed E-state index contributed by atoms with van der Waals surface area (Å²) in [6.07, 6.45) is 10.6. The molecular weight excluding hydrogens is 316 g/mol. The molecule has 3 N–H and O–H groups in total. The zero-order valence-corrected chi connectivity index (χ0v) is 15.5. The van der Waals surface area contributed by atoms with E-state index in [4.69, 9.17) is 5.73 Å². The summed E-state index contributed by atoms with van der Waals surface area (Å²) in [7, 11) is 0. The van der Waals surface area contributed by atoms with Gasteiger partial charge in [0.25, 0.3) is 0 Å². The topological polar surface area (TPSA) is 59.1 Å². The van der Waals surface area contributed by atoms with Crippen LogP contribution in [0.2, 0.25) is 0 Å². The van der Waals surface area contributed by atoms with Gasteiger partial charge in [0.2, 0.25) is 0 Å². The quantitative estimate of drug-likeness (QED) is 0.739. The minimum Gasteiger partial charge on any atom is -0.393 e. The van der Waals surface area contributed by atoms with Crippen LogP contribution < -0.4 is 5.73 Å². The van der Waals surface area contributed by atoms with E-state index in [1.165, 1.54) is 42.7 Å². The van der Waals surface area contributed by atoms with Gasteiger partial charge in [-0.3, -0.25) is 0 Å². The second-order valence-electron chi connectivity index (χ2n) is 9.11. The Morgan fingerprint density at radius 3 is 2.88 bits per heavy atom. The van der Waals surface area contributed by atoms with Gasteiger partial charge in [-0.25, -0.2) is 4.98 Å². The van der Waals surface area contributed by atoms with Crippen molar-refractivity contribution in [1.82, 2.24) is 4.98 Å². The zero-order valence-electron chi connectivity index (χ0n) is 14.7. The van der Waals surface area contributed by atoms with E-state index in [1.54, 1.807) is 16.9 Å². The van der Waals surface area contributed by atoms with Crippen LogP contribution in [0.1, 0.15) is 62.9 Å². The average molecular weight is 345 g/mol. The maximum absolute atomic E-state index is 10.6. The number of thiazole rings is 1. The summed E-state index contributed by atoms with van der Waals surface area (Å²) in [6.45, 7) is 4.86. The molecule has 5 rings (SSSR count). The molecule has 0 spiro atoms. The average Bonchev–Trinajstić information content (AvgIpc) is 3.06. The van der Waals surface area contributed by atoms with Crippen molar-refractivity contribution in [2.45, 2.75) is 64.9 Å². The van der Waals surface area contributed by atoms with Crippen molar-refractivity contribution in [3.8, 4) is 0 Å². The van der Waals surface area contributed by atoms with Crippen LogP contribution in [0.25, 0.3) is 5.57 Å². The Hall–Kier alpha value is -0.870. The number of nitrogen functional groups attached to an aromatic ring is 1. The number of nitrogens with two attached hydrogens (primary N) is 1. The maximum atomic E-state index is 10.6. The number of anilines is 1. The van der Waals surface area contributed by atoms with E-state index in [0.29, 0.717) is 5.92 Å². The smallest absolute Gasteiger partial charge is 0.180 e. The first-order valence-corrected chi connectivity index (χ1v) is 10.4. The minimum absolute atomic E-state index is 0.0825. The lowest BCUT2D eigenvalue weighted by atomic mass is 9.48. The lowest BCUT2D eigenvalue weighted by Gasteiger charge is -2.56. The SMILES string of the molecule is C[C@]12CC[C@H]3[C@@H](CC=C4c5sc(N)nc5CC[C@@]43C)[C@@H]1CC[C@@H]2O. The van der Waals surface area contributed by atoms with Crippen molar-refractivity contribution in [1.29, 1.82) is 0 Å². The normalized spacial score (nSPS) is 46.5. The molecule has 1 aromatic heterocycles. The summed E-state index contributed by atoms with van der Waals surface area (Å²) in [5.74, 6) is 2.22. The number of rotatable bonds is 0. The lowest BCUT2D eigenvalue weighted by Crippen LogP contribution is -2.50. The van der Waals surface area contributed by atoms with E-state index in [0.717, 1.165) is 29.8 Å². The van der Waals surface area contributed by atoms with Gasteiger partial charge in [-0.1, -0.05) is 31.3 Å². The van der Waals surface area contributed by atoms with E-state index >= 15 is 0 Å². The van der Waals surface area contributed by atoms with Crippen molar-refractivity contribution in [3.63, 3.8) is 0 Å². The van der Waals surface area contributed by atoms with Gasteiger partial charge in [-0.2, -0.15) is 0 Å². The lowest BCUT2D eigenvalue weighted by molar-refractivity contribution is -0.0579. The highest BCUT2D eigenvalue weighted by Gasteiger charge is 2.58. The first-order valence-electron chi connectivity index (χ1n) is 9.58. The molecule has 4 aliphatic rings. The standard InChI is InChI=1S/C20H28N2OS/c1-19-10-8-15-17(24-18(21)22-15)14(19)4-3-11-12-5-6-16(23)20(12,2)9-7-13(11)19/h4,11-13,16,23H,3,5-10H2,1-2H3,(H2,21,22)/t11-,12-,13-,16-,19+,20-/m0/s1. The monoisotopic (exact) mass is 344 g/mol. The fraction of sp³-hybridized carbons (Fsp3) is 0.750. The molecule has 2 saturated carbocycles. The first-order chi connectivity index (χ1) is 11.4. The van der Waals surface area contributed by atoms with Gasteiger partial charge >= 0.3 is 0 Å². The fourth-order valence-corrected chi connectivity index (χ4v) is 7.92. The van der Waals surface area contributed by atoms with Crippen molar-refractivity contribution < 1.29 is 5.11 Å². The van der Waals surface area contributed by atoms with Gasteiger partial charge in [0.15, 0.2) is 5.13 Å². The third-order valence-corrected chi connectivity index (χ3v) is 9.21. The molecule has 0 saturated heterocycles. The van der Waals surface area contributed by atoms with E-state index in [1.807, 2.05) is 0 Å². The Labute approximate surface area is 148 Å². The van der Waals surface area contributed by atoms with Crippen molar-refractivity contribution >= 4 is 22.0 Å². The summed E-state index contributed by atoms with van der Waals surface area (Å²) in [6, 6.07) is 0. The summed E-state index contributed by atoms with van der Waals surface area (Å²) < 4.78 is 0. The molecule has 1 heterocycles. The number of hydrogen-bond donors (Lipinski definition) is 2. The zero-order chi connectivity index (χ0) is 16.7. The first kappa shape index (κ1) is 15.4. The molecule has 0 unspecified atom stereocenters. The van der Waals surface area contributed by atoms with Crippen LogP contribution in [0.5, 0.6) is 0 Å². The Bertz CT molecular complexity index is 725. The van der Waals surface area contributed by atoms with Crippen LogP contribution in [0, 0.1) is 28.6 Å². The molecule has 0 radical (unpaired) electrons. The number of aromatic nitrogens is 1. The van der Waals surface area contributed by atoms with Crippen LogP contribution in [-0.4, -0.2) is 16.2 Å². The highest BCUT2D eigenvalue weighted by atomic mass is 32.1. The Morgan fingerprint density at radius 1 is 1.21 bits per heavy atom. The largest absolute Gasteiger partial charge is 0.393 e. The molecule has 2 fully saturated rings. The van der Waals surface area contributed by atoms with Gasteiger partial charge in [0.05, 0.1) is 16.7 Å². The molecular formula is C20H28N2OS. The summed E-state index contributed by atoms with van der Waals surface area (Å²) >= 11 is 1.69. The fourth-order valence-electron chi connectivity index (χ4n) is 6.87. The van der Waals surface area contributed by atoms with Gasteiger partial charge in [0, 0.05) is 0 Å². The number of fused-ring (bicyclic) bond motifs is 7. The number of aliphatic hydroxyl groups excluding tert-OH is 1. The summed E-state index contributed by atoms with van der Waals surface area (Å²) in [5.41, 5.74) is 9.23. The second-order valence-corrected chi connectivity index (χ2v) is 10.1. The Balaban J connectivity index is 1.57. The van der Waals surface area contributed by atoms with Crippen LogP contribution in [-0.2, 0) is 6.42 Å². The molecule has 6 atom stereocenters. The third kappa shape index (κ3) is 1.79. The third-order valence-electron chi connectivity index (χ3n) is 8.25. The second kappa shape index (κ2) is 4.85. The van der Waals surface area contributed by atoms with E-state index in [-0.39, 0.29) is 16.9 Å². The molecule has 1 aromatic rings.